The molecule has 0 spiro atoms. The SMILES string of the molecule is CCc1c(NC(=O)OC[C@@H]2COCCN2)cn2ncnc(Nc3ccc4c(cnn4Cc4cscn4)c3)c12. The van der Waals surface area contributed by atoms with E-state index in [9.17, 15) is 4.79 Å². The largest absolute Gasteiger partial charge is 0.448 e. The van der Waals surface area contributed by atoms with Gasteiger partial charge >= 0.3 is 6.09 Å². The van der Waals surface area contributed by atoms with E-state index in [0.29, 0.717) is 37.7 Å². The van der Waals surface area contributed by atoms with Gasteiger partial charge in [-0.2, -0.15) is 10.2 Å². The molecule has 0 aliphatic carbocycles. The molecule has 5 aromatic rings. The Morgan fingerprint density at radius 3 is 3.08 bits per heavy atom. The molecule has 12 nitrogen and oxygen atoms in total. The minimum atomic E-state index is -0.523. The van der Waals surface area contributed by atoms with Crippen molar-refractivity contribution in [2.75, 3.05) is 37.0 Å². The molecule has 0 bridgehead atoms. The summed E-state index contributed by atoms with van der Waals surface area (Å²) in [6, 6.07) is 6.05. The molecule has 1 aliphatic heterocycles. The Morgan fingerprint density at radius 1 is 1.32 bits per heavy atom. The molecule has 1 saturated heterocycles. The number of thiazole rings is 1. The fourth-order valence-corrected chi connectivity index (χ4v) is 5.13. The molecule has 1 fully saturated rings. The van der Waals surface area contributed by atoms with Gasteiger partial charge in [-0.25, -0.2) is 19.3 Å². The summed E-state index contributed by atoms with van der Waals surface area (Å²) < 4.78 is 14.5. The quantitative estimate of drug-likeness (QED) is 0.274. The van der Waals surface area contributed by atoms with Crippen molar-refractivity contribution in [3.63, 3.8) is 0 Å². The highest BCUT2D eigenvalue weighted by molar-refractivity contribution is 7.07. The van der Waals surface area contributed by atoms with Crippen molar-refractivity contribution >= 4 is 51.0 Å². The van der Waals surface area contributed by atoms with Gasteiger partial charge in [0.25, 0.3) is 0 Å². The number of aromatic nitrogens is 6. The number of carbonyl (C=O) groups excluding carboxylic acids is 1. The number of aryl methyl sites for hydroxylation is 1. The summed E-state index contributed by atoms with van der Waals surface area (Å²) in [6.45, 7) is 4.82. The molecule has 0 radical (unpaired) electrons. The van der Waals surface area contributed by atoms with Crippen molar-refractivity contribution in [1.82, 2.24) is 34.7 Å². The molecular weight excluding hydrogens is 506 g/mol. The van der Waals surface area contributed by atoms with E-state index in [1.807, 2.05) is 46.9 Å². The van der Waals surface area contributed by atoms with Gasteiger partial charge in [-0.1, -0.05) is 6.92 Å². The van der Waals surface area contributed by atoms with E-state index in [0.717, 1.165) is 39.9 Å². The predicted octanol–water partition coefficient (Wildman–Crippen LogP) is 3.43. The van der Waals surface area contributed by atoms with Crippen LogP contribution in [0, 0.1) is 0 Å². The van der Waals surface area contributed by atoms with Crippen LogP contribution in [0.5, 0.6) is 0 Å². The number of rotatable bonds is 8. The van der Waals surface area contributed by atoms with E-state index in [2.05, 4.69) is 36.1 Å². The van der Waals surface area contributed by atoms with Crippen molar-refractivity contribution in [3.05, 3.63) is 59.1 Å². The van der Waals surface area contributed by atoms with E-state index in [1.165, 1.54) is 6.33 Å². The summed E-state index contributed by atoms with van der Waals surface area (Å²) in [4.78, 5) is 21.4. The Hall–Kier alpha value is -4.07. The molecule has 1 aliphatic rings. The number of anilines is 3. The number of hydrogen-bond acceptors (Lipinski definition) is 10. The Bertz CT molecular complexity index is 1560. The van der Waals surface area contributed by atoms with Gasteiger partial charge < -0.3 is 20.1 Å². The van der Waals surface area contributed by atoms with Crippen LogP contribution in [0.3, 0.4) is 0 Å². The van der Waals surface area contributed by atoms with E-state index >= 15 is 0 Å². The summed E-state index contributed by atoms with van der Waals surface area (Å²) in [5, 5.41) is 21.5. The zero-order valence-electron chi connectivity index (χ0n) is 20.8. The number of carbonyl (C=O) groups is 1. The van der Waals surface area contributed by atoms with E-state index in [4.69, 9.17) is 9.47 Å². The van der Waals surface area contributed by atoms with Crippen molar-refractivity contribution in [1.29, 1.82) is 0 Å². The monoisotopic (exact) mass is 533 g/mol. The van der Waals surface area contributed by atoms with Crippen molar-refractivity contribution in [2.24, 2.45) is 0 Å². The number of amides is 1. The standard InChI is InChI=1S/C25H27N9O3S/c1-2-20-21(32-25(35)37-12-19-11-36-6-5-26-19)10-34-23(20)24(27-14-30-34)31-17-3-4-22-16(7-17)8-29-33(22)9-18-13-38-15-28-18/h3-4,7-8,10,13-15,19,26H,2,5-6,9,11-12H2,1H3,(H,32,35)(H,27,30,31)/t19-/m0/s1. The van der Waals surface area contributed by atoms with Gasteiger partial charge in [0.15, 0.2) is 5.82 Å². The summed E-state index contributed by atoms with van der Waals surface area (Å²) in [7, 11) is 0. The molecular formula is C25H27N9O3S. The topological polar surface area (TPSA) is 133 Å². The van der Waals surface area contributed by atoms with Gasteiger partial charge in [0.2, 0.25) is 0 Å². The second-order valence-electron chi connectivity index (χ2n) is 8.91. The number of fused-ring (bicyclic) bond motifs is 2. The third kappa shape index (κ3) is 5.03. The molecule has 3 N–H and O–H groups in total. The Kier molecular flexibility index (Phi) is 6.86. The maximum atomic E-state index is 12.5. The first-order chi connectivity index (χ1) is 18.7. The van der Waals surface area contributed by atoms with Crippen LogP contribution in [0.1, 0.15) is 18.2 Å². The molecule has 6 rings (SSSR count). The van der Waals surface area contributed by atoms with Crippen LogP contribution in [0.15, 0.2) is 47.8 Å². The summed E-state index contributed by atoms with van der Waals surface area (Å²) in [5.41, 5.74) is 7.02. The lowest BCUT2D eigenvalue weighted by Crippen LogP contribution is -2.44. The highest BCUT2D eigenvalue weighted by atomic mass is 32.1. The maximum Gasteiger partial charge on any atom is 0.411 e. The lowest BCUT2D eigenvalue weighted by Gasteiger charge is -2.23. The number of benzene rings is 1. The second kappa shape index (κ2) is 10.7. The molecule has 1 amide bonds. The van der Waals surface area contributed by atoms with Crippen LogP contribution in [0.2, 0.25) is 0 Å². The highest BCUT2D eigenvalue weighted by Crippen LogP contribution is 2.30. The smallest absolute Gasteiger partial charge is 0.411 e. The van der Waals surface area contributed by atoms with Crippen LogP contribution >= 0.6 is 11.3 Å². The first kappa shape index (κ1) is 24.3. The van der Waals surface area contributed by atoms with E-state index in [-0.39, 0.29) is 12.6 Å². The third-order valence-corrected chi connectivity index (χ3v) is 7.02. The van der Waals surface area contributed by atoms with Gasteiger partial charge in [-0.3, -0.25) is 10.00 Å². The molecule has 38 heavy (non-hydrogen) atoms. The Labute approximate surface area is 222 Å². The number of nitrogens with zero attached hydrogens (tertiary/aromatic N) is 6. The number of nitrogens with one attached hydrogen (secondary N) is 3. The minimum absolute atomic E-state index is 0.00771. The lowest BCUT2D eigenvalue weighted by atomic mass is 10.2. The highest BCUT2D eigenvalue weighted by Gasteiger charge is 2.19. The normalized spacial score (nSPS) is 15.7. The van der Waals surface area contributed by atoms with Crippen LogP contribution < -0.4 is 16.0 Å². The first-order valence-corrected chi connectivity index (χ1v) is 13.3. The van der Waals surface area contributed by atoms with Gasteiger partial charge in [0, 0.05) is 28.6 Å². The van der Waals surface area contributed by atoms with Crippen LogP contribution in [0.25, 0.3) is 16.4 Å². The van der Waals surface area contributed by atoms with Crippen molar-refractivity contribution in [2.45, 2.75) is 25.9 Å². The van der Waals surface area contributed by atoms with Gasteiger partial charge in [0.1, 0.15) is 18.5 Å². The Balaban J connectivity index is 1.21. The average Bonchev–Trinajstić information content (AvgIpc) is 3.68. The van der Waals surface area contributed by atoms with Crippen molar-refractivity contribution in [3.8, 4) is 0 Å². The fourth-order valence-electron chi connectivity index (χ4n) is 4.58. The molecule has 5 heterocycles. The summed E-state index contributed by atoms with van der Waals surface area (Å²) in [6.07, 6.45) is 5.24. The first-order valence-electron chi connectivity index (χ1n) is 12.4. The Morgan fingerprint density at radius 2 is 2.26 bits per heavy atom. The summed E-state index contributed by atoms with van der Waals surface area (Å²) in [5.74, 6) is 0.635. The fraction of sp³-hybridized carbons (Fsp3) is 0.320. The average molecular weight is 534 g/mol. The van der Waals surface area contributed by atoms with Gasteiger partial charge in [-0.05, 0) is 24.6 Å². The number of morpholine rings is 1. The van der Waals surface area contributed by atoms with Crippen molar-refractivity contribution < 1.29 is 14.3 Å². The number of hydrogen-bond donors (Lipinski definition) is 3. The molecule has 4 aromatic heterocycles. The zero-order chi connectivity index (χ0) is 25.9. The van der Waals surface area contributed by atoms with Gasteiger partial charge in [-0.15, -0.1) is 11.3 Å². The van der Waals surface area contributed by atoms with E-state index < -0.39 is 6.09 Å². The minimum Gasteiger partial charge on any atom is -0.448 e. The van der Waals surface area contributed by atoms with Gasteiger partial charge in [0.05, 0.1) is 60.6 Å². The van der Waals surface area contributed by atoms with Crippen LogP contribution in [-0.2, 0) is 22.4 Å². The summed E-state index contributed by atoms with van der Waals surface area (Å²) >= 11 is 1.57. The zero-order valence-corrected chi connectivity index (χ0v) is 21.6. The van der Waals surface area contributed by atoms with Crippen LogP contribution in [-0.4, -0.2) is 67.9 Å². The molecule has 1 aromatic carbocycles. The molecule has 0 saturated carbocycles. The third-order valence-electron chi connectivity index (χ3n) is 6.38. The maximum absolute atomic E-state index is 12.5. The van der Waals surface area contributed by atoms with E-state index in [1.54, 1.807) is 22.0 Å². The van der Waals surface area contributed by atoms with Crippen LogP contribution in [0.4, 0.5) is 22.0 Å². The molecule has 196 valence electrons. The molecule has 0 unspecified atom stereocenters. The molecule has 1 atom stereocenters. The second-order valence-corrected chi connectivity index (χ2v) is 9.63. The number of ether oxygens (including phenoxy) is 2. The lowest BCUT2D eigenvalue weighted by molar-refractivity contribution is 0.0494. The predicted molar refractivity (Wildman–Crippen MR) is 144 cm³/mol. The molecule has 13 heteroatoms.